The minimum absolute atomic E-state index is 0.0877. The standard InChI is InChI=1S/C20H25NO2/c1-4-21(5-2)16-10-9-15(14(3)11-16)12-17-13-18-19(22)7-6-8-20(18)23-17/h6,8-11,17H,4-5,7,12-13H2,1-3H3. The number of nitrogens with zero attached hydrogens (tertiary/aromatic N) is 1. The van der Waals surface area contributed by atoms with Crippen LogP contribution in [-0.2, 0) is 16.0 Å². The zero-order valence-corrected chi connectivity index (χ0v) is 14.3. The summed E-state index contributed by atoms with van der Waals surface area (Å²) in [5.74, 6) is 1.02. The molecule has 1 heterocycles. The van der Waals surface area contributed by atoms with Crippen molar-refractivity contribution in [1.82, 2.24) is 0 Å². The predicted octanol–water partition coefficient (Wildman–Crippen LogP) is 3.96. The third kappa shape index (κ3) is 3.19. The van der Waals surface area contributed by atoms with Crippen molar-refractivity contribution in [2.75, 3.05) is 18.0 Å². The first-order valence-corrected chi connectivity index (χ1v) is 8.56. The van der Waals surface area contributed by atoms with Gasteiger partial charge in [-0.15, -0.1) is 0 Å². The minimum Gasteiger partial charge on any atom is -0.489 e. The average molecular weight is 311 g/mol. The number of carbonyl (C=O) groups is 1. The Labute approximate surface area is 138 Å². The SMILES string of the molecule is CCN(CC)c1ccc(CC2CC3=C(C=CCC3=O)O2)c(C)c1. The van der Waals surface area contributed by atoms with Crippen LogP contribution >= 0.6 is 0 Å². The smallest absolute Gasteiger partial charge is 0.166 e. The Morgan fingerprint density at radius 2 is 2.04 bits per heavy atom. The first-order chi connectivity index (χ1) is 11.1. The number of anilines is 1. The van der Waals surface area contributed by atoms with Gasteiger partial charge >= 0.3 is 0 Å². The van der Waals surface area contributed by atoms with Crippen molar-refractivity contribution in [3.63, 3.8) is 0 Å². The van der Waals surface area contributed by atoms with Gasteiger partial charge in [-0.05, 0) is 50.1 Å². The van der Waals surface area contributed by atoms with Crippen LogP contribution < -0.4 is 4.90 Å². The lowest BCUT2D eigenvalue weighted by molar-refractivity contribution is -0.115. The van der Waals surface area contributed by atoms with E-state index >= 15 is 0 Å². The van der Waals surface area contributed by atoms with E-state index in [1.165, 1.54) is 16.8 Å². The lowest BCUT2D eigenvalue weighted by atomic mass is 9.95. The predicted molar refractivity (Wildman–Crippen MR) is 93.7 cm³/mol. The lowest BCUT2D eigenvalue weighted by Gasteiger charge is -2.22. The molecule has 1 aliphatic heterocycles. The van der Waals surface area contributed by atoms with E-state index in [1.807, 2.05) is 12.2 Å². The van der Waals surface area contributed by atoms with Crippen LogP contribution in [0.5, 0.6) is 0 Å². The number of ketones is 1. The van der Waals surface area contributed by atoms with Crippen LogP contribution in [0, 0.1) is 6.92 Å². The molecule has 3 nitrogen and oxygen atoms in total. The number of hydrogen-bond donors (Lipinski definition) is 0. The van der Waals surface area contributed by atoms with Gasteiger partial charge in [0.1, 0.15) is 11.9 Å². The molecule has 0 amide bonds. The molecule has 2 aliphatic rings. The summed E-state index contributed by atoms with van der Waals surface area (Å²) in [6.07, 6.45) is 6.06. The second-order valence-electron chi connectivity index (χ2n) is 6.30. The van der Waals surface area contributed by atoms with Crippen LogP contribution in [-0.4, -0.2) is 25.0 Å². The number of rotatable bonds is 5. The highest BCUT2D eigenvalue weighted by Gasteiger charge is 2.30. The van der Waals surface area contributed by atoms with E-state index in [1.54, 1.807) is 0 Å². The molecule has 0 aromatic heterocycles. The van der Waals surface area contributed by atoms with Crippen molar-refractivity contribution in [3.8, 4) is 0 Å². The molecule has 1 aliphatic carbocycles. The van der Waals surface area contributed by atoms with E-state index in [9.17, 15) is 4.79 Å². The second kappa shape index (κ2) is 6.61. The molecule has 0 N–H and O–H groups in total. The van der Waals surface area contributed by atoms with Crippen molar-refractivity contribution in [3.05, 3.63) is 52.8 Å². The molecular weight excluding hydrogens is 286 g/mol. The Morgan fingerprint density at radius 3 is 2.70 bits per heavy atom. The fraction of sp³-hybridized carbons (Fsp3) is 0.450. The van der Waals surface area contributed by atoms with E-state index in [4.69, 9.17) is 4.74 Å². The molecular formula is C20H25NO2. The van der Waals surface area contributed by atoms with Crippen LogP contribution in [0.2, 0.25) is 0 Å². The van der Waals surface area contributed by atoms with Crippen LogP contribution in [0.3, 0.4) is 0 Å². The van der Waals surface area contributed by atoms with Crippen LogP contribution in [0.1, 0.15) is 37.8 Å². The Bertz CT molecular complexity index is 668. The van der Waals surface area contributed by atoms with Crippen LogP contribution in [0.15, 0.2) is 41.7 Å². The molecule has 0 bridgehead atoms. The van der Waals surface area contributed by atoms with Gasteiger partial charge < -0.3 is 9.64 Å². The highest BCUT2D eigenvalue weighted by molar-refractivity contribution is 5.98. The summed E-state index contributed by atoms with van der Waals surface area (Å²) in [5.41, 5.74) is 4.76. The topological polar surface area (TPSA) is 29.5 Å². The van der Waals surface area contributed by atoms with E-state index in [2.05, 4.69) is 43.9 Å². The molecule has 1 atom stereocenters. The lowest BCUT2D eigenvalue weighted by Crippen LogP contribution is -2.22. The summed E-state index contributed by atoms with van der Waals surface area (Å²) in [5, 5.41) is 0. The van der Waals surface area contributed by atoms with Gasteiger partial charge in [-0.3, -0.25) is 4.79 Å². The van der Waals surface area contributed by atoms with Gasteiger partial charge in [0, 0.05) is 43.6 Å². The molecule has 3 rings (SSSR count). The number of ether oxygens (including phenoxy) is 1. The molecule has 122 valence electrons. The van der Waals surface area contributed by atoms with Gasteiger partial charge in [0.25, 0.3) is 0 Å². The third-order valence-corrected chi connectivity index (χ3v) is 4.83. The fourth-order valence-electron chi connectivity index (χ4n) is 3.46. The Balaban J connectivity index is 1.70. The number of benzene rings is 1. The molecule has 1 unspecified atom stereocenters. The molecule has 0 fully saturated rings. The third-order valence-electron chi connectivity index (χ3n) is 4.83. The van der Waals surface area contributed by atoms with Crippen LogP contribution in [0.25, 0.3) is 0 Å². The van der Waals surface area contributed by atoms with Crippen molar-refractivity contribution >= 4 is 11.5 Å². The Morgan fingerprint density at radius 1 is 1.26 bits per heavy atom. The number of aryl methyl sites for hydroxylation is 1. The van der Waals surface area contributed by atoms with E-state index < -0.39 is 0 Å². The Hall–Kier alpha value is -2.03. The van der Waals surface area contributed by atoms with E-state index in [-0.39, 0.29) is 11.9 Å². The fourth-order valence-corrected chi connectivity index (χ4v) is 3.46. The molecule has 0 spiro atoms. The minimum atomic E-state index is 0.0877. The van der Waals surface area contributed by atoms with Gasteiger partial charge in [-0.2, -0.15) is 0 Å². The van der Waals surface area contributed by atoms with Crippen molar-refractivity contribution in [1.29, 1.82) is 0 Å². The number of Topliss-reactive ketones (excluding diaryl/α,β-unsaturated/α-hetero) is 1. The molecule has 1 aromatic carbocycles. The van der Waals surface area contributed by atoms with Crippen molar-refractivity contribution in [2.24, 2.45) is 0 Å². The summed E-state index contributed by atoms with van der Waals surface area (Å²) in [6.45, 7) is 8.56. The zero-order chi connectivity index (χ0) is 16.4. The molecule has 1 aromatic rings. The summed E-state index contributed by atoms with van der Waals surface area (Å²) >= 11 is 0. The maximum atomic E-state index is 11.9. The monoisotopic (exact) mass is 311 g/mol. The molecule has 3 heteroatoms. The average Bonchev–Trinajstić information content (AvgIpc) is 2.95. The quantitative estimate of drug-likeness (QED) is 0.824. The van der Waals surface area contributed by atoms with Gasteiger partial charge in [-0.1, -0.05) is 12.1 Å². The van der Waals surface area contributed by atoms with Gasteiger partial charge in [0.15, 0.2) is 5.78 Å². The van der Waals surface area contributed by atoms with Gasteiger partial charge in [0.05, 0.1) is 0 Å². The van der Waals surface area contributed by atoms with E-state index in [0.29, 0.717) is 6.42 Å². The second-order valence-corrected chi connectivity index (χ2v) is 6.30. The maximum Gasteiger partial charge on any atom is 0.166 e. The first kappa shape index (κ1) is 15.9. The summed E-state index contributed by atoms with van der Waals surface area (Å²) in [4.78, 5) is 14.3. The summed E-state index contributed by atoms with van der Waals surface area (Å²) in [7, 11) is 0. The zero-order valence-electron chi connectivity index (χ0n) is 14.3. The van der Waals surface area contributed by atoms with Gasteiger partial charge in [-0.25, -0.2) is 0 Å². The first-order valence-electron chi connectivity index (χ1n) is 8.56. The Kier molecular flexibility index (Phi) is 4.56. The van der Waals surface area contributed by atoms with Crippen molar-refractivity contribution < 1.29 is 9.53 Å². The van der Waals surface area contributed by atoms with Gasteiger partial charge in [0.2, 0.25) is 0 Å². The molecule has 0 radical (unpaired) electrons. The molecule has 0 saturated carbocycles. The number of carbonyl (C=O) groups excluding carboxylic acids is 1. The van der Waals surface area contributed by atoms with Crippen LogP contribution in [0.4, 0.5) is 5.69 Å². The maximum absolute atomic E-state index is 11.9. The normalized spacial score (nSPS) is 19.8. The number of hydrogen-bond acceptors (Lipinski definition) is 3. The highest BCUT2D eigenvalue weighted by atomic mass is 16.5. The highest BCUT2D eigenvalue weighted by Crippen LogP contribution is 2.32. The summed E-state index contributed by atoms with van der Waals surface area (Å²) in [6, 6.07) is 6.67. The van der Waals surface area contributed by atoms with E-state index in [0.717, 1.165) is 37.3 Å². The molecule has 0 saturated heterocycles. The molecule has 23 heavy (non-hydrogen) atoms. The van der Waals surface area contributed by atoms with Crippen molar-refractivity contribution in [2.45, 2.75) is 46.1 Å². The summed E-state index contributed by atoms with van der Waals surface area (Å²) < 4.78 is 5.98. The largest absolute Gasteiger partial charge is 0.489 e. The number of allylic oxidation sites excluding steroid dienone is 2.